The molecule has 0 aromatic carbocycles. The first kappa shape index (κ1) is 15.3. The molecule has 1 atom stereocenters. The molecule has 2 heterocycles. The van der Waals surface area contributed by atoms with Gasteiger partial charge in [0.05, 0.1) is 5.02 Å². The molecule has 110 valence electrons. The summed E-state index contributed by atoms with van der Waals surface area (Å²) in [7, 11) is 0. The van der Waals surface area contributed by atoms with Crippen molar-refractivity contribution in [2.75, 3.05) is 6.54 Å². The Hall–Kier alpha value is -1.07. The molecule has 1 saturated heterocycles. The Kier molecular flexibility index (Phi) is 4.39. The number of nitrogens with zero attached hydrogens (tertiary/aromatic N) is 1. The van der Waals surface area contributed by atoms with Crippen LogP contribution in [-0.2, 0) is 9.53 Å². The van der Waals surface area contributed by atoms with Crippen LogP contribution >= 0.6 is 22.9 Å². The number of carbonyl (C=O) groups excluding carboxylic acids is 2. The summed E-state index contributed by atoms with van der Waals surface area (Å²) in [6.45, 7) is 6.03. The number of hydrogen-bond acceptors (Lipinski definition) is 4. The van der Waals surface area contributed by atoms with Gasteiger partial charge >= 0.3 is 5.97 Å². The van der Waals surface area contributed by atoms with Crippen LogP contribution in [0.4, 0.5) is 0 Å². The first-order valence-corrected chi connectivity index (χ1v) is 7.82. The fourth-order valence-corrected chi connectivity index (χ4v) is 3.29. The molecule has 6 heteroatoms. The van der Waals surface area contributed by atoms with Gasteiger partial charge in [-0.3, -0.25) is 4.79 Å². The molecule has 1 aliphatic rings. The van der Waals surface area contributed by atoms with E-state index in [1.54, 1.807) is 16.3 Å². The van der Waals surface area contributed by atoms with E-state index in [0.717, 1.165) is 6.42 Å². The van der Waals surface area contributed by atoms with Gasteiger partial charge in [0.25, 0.3) is 5.91 Å². The predicted octanol–water partition coefficient (Wildman–Crippen LogP) is 3.35. The second-order valence-corrected chi connectivity index (χ2v) is 7.11. The summed E-state index contributed by atoms with van der Waals surface area (Å²) in [4.78, 5) is 26.7. The Labute approximate surface area is 127 Å². The van der Waals surface area contributed by atoms with Gasteiger partial charge < -0.3 is 9.64 Å². The predicted molar refractivity (Wildman–Crippen MR) is 79.2 cm³/mol. The fourth-order valence-electron chi connectivity index (χ4n) is 2.20. The van der Waals surface area contributed by atoms with E-state index >= 15 is 0 Å². The summed E-state index contributed by atoms with van der Waals surface area (Å²) in [5.41, 5.74) is -0.547. The Bertz CT molecular complexity index is 521. The second kappa shape index (κ2) is 5.74. The van der Waals surface area contributed by atoms with Gasteiger partial charge in [-0.05, 0) is 45.1 Å². The molecule has 0 aliphatic carbocycles. The zero-order valence-corrected chi connectivity index (χ0v) is 13.4. The van der Waals surface area contributed by atoms with Gasteiger partial charge in [0.2, 0.25) is 0 Å². The van der Waals surface area contributed by atoms with Crippen molar-refractivity contribution in [3.8, 4) is 0 Å². The van der Waals surface area contributed by atoms with Crippen molar-refractivity contribution in [2.45, 2.75) is 45.3 Å². The molecule has 0 N–H and O–H groups in total. The van der Waals surface area contributed by atoms with Crippen molar-refractivity contribution >= 4 is 34.8 Å². The minimum atomic E-state index is -0.547. The third-order valence-electron chi connectivity index (χ3n) is 3.00. The summed E-state index contributed by atoms with van der Waals surface area (Å²) >= 11 is 7.29. The summed E-state index contributed by atoms with van der Waals surface area (Å²) in [5.74, 6) is -0.519. The van der Waals surface area contributed by atoms with E-state index in [1.807, 2.05) is 20.8 Å². The highest BCUT2D eigenvalue weighted by atomic mass is 35.5. The van der Waals surface area contributed by atoms with Gasteiger partial charge in [-0.15, -0.1) is 11.3 Å². The third kappa shape index (κ3) is 3.33. The van der Waals surface area contributed by atoms with E-state index in [1.165, 1.54) is 11.3 Å². The zero-order chi connectivity index (χ0) is 14.9. The molecule has 0 saturated carbocycles. The smallest absolute Gasteiger partial charge is 0.329 e. The largest absolute Gasteiger partial charge is 0.458 e. The highest BCUT2D eigenvalue weighted by Crippen LogP contribution is 2.28. The van der Waals surface area contributed by atoms with Crippen LogP contribution in [0.15, 0.2) is 11.4 Å². The maximum absolute atomic E-state index is 12.5. The van der Waals surface area contributed by atoms with Crippen molar-refractivity contribution in [1.29, 1.82) is 0 Å². The molecular formula is C14H18ClNO3S. The van der Waals surface area contributed by atoms with E-state index in [2.05, 4.69) is 0 Å². The lowest BCUT2D eigenvalue weighted by Crippen LogP contribution is -2.43. The number of thiophene rings is 1. The summed E-state index contributed by atoms with van der Waals surface area (Å²) < 4.78 is 5.39. The average Bonchev–Trinajstić information content (AvgIpc) is 2.93. The molecule has 0 unspecified atom stereocenters. The minimum Gasteiger partial charge on any atom is -0.458 e. The van der Waals surface area contributed by atoms with E-state index in [9.17, 15) is 9.59 Å². The SMILES string of the molecule is CC(C)(C)OC(=O)[C@H]1CCCN1C(=O)c1sccc1Cl. The lowest BCUT2D eigenvalue weighted by atomic mass is 10.1. The van der Waals surface area contributed by atoms with Crippen LogP contribution in [0.1, 0.15) is 43.3 Å². The first-order valence-electron chi connectivity index (χ1n) is 6.56. The van der Waals surface area contributed by atoms with Crippen LogP contribution in [0.2, 0.25) is 5.02 Å². The molecule has 4 nitrogen and oxygen atoms in total. The van der Waals surface area contributed by atoms with Gasteiger partial charge in [-0.2, -0.15) is 0 Å². The maximum atomic E-state index is 12.5. The molecule has 1 fully saturated rings. The molecule has 1 aromatic heterocycles. The molecule has 1 aromatic rings. The topological polar surface area (TPSA) is 46.6 Å². The highest BCUT2D eigenvalue weighted by Gasteiger charge is 2.38. The Morgan fingerprint density at radius 1 is 1.45 bits per heavy atom. The van der Waals surface area contributed by atoms with Crippen LogP contribution in [0.3, 0.4) is 0 Å². The van der Waals surface area contributed by atoms with Crippen LogP contribution in [0.5, 0.6) is 0 Å². The van der Waals surface area contributed by atoms with Crippen LogP contribution in [0, 0.1) is 0 Å². The molecule has 0 radical (unpaired) electrons. The lowest BCUT2D eigenvalue weighted by Gasteiger charge is -2.27. The number of carbonyl (C=O) groups is 2. The Balaban J connectivity index is 2.13. The number of esters is 1. The molecule has 0 spiro atoms. The number of rotatable bonds is 2. The molecule has 20 heavy (non-hydrogen) atoms. The number of likely N-dealkylation sites (tertiary alicyclic amines) is 1. The van der Waals surface area contributed by atoms with Crippen molar-refractivity contribution in [3.05, 3.63) is 21.3 Å². The van der Waals surface area contributed by atoms with E-state index in [4.69, 9.17) is 16.3 Å². The summed E-state index contributed by atoms with van der Waals surface area (Å²) in [6.07, 6.45) is 1.45. The molecule has 1 aliphatic heterocycles. The van der Waals surface area contributed by atoms with Gasteiger partial charge in [-0.1, -0.05) is 11.6 Å². The van der Waals surface area contributed by atoms with Gasteiger partial charge in [-0.25, -0.2) is 4.79 Å². The standard InChI is InChI=1S/C14H18ClNO3S/c1-14(2,3)19-13(18)10-5-4-7-16(10)12(17)11-9(15)6-8-20-11/h6,8,10H,4-5,7H2,1-3H3/t10-/m1/s1. The Morgan fingerprint density at radius 2 is 2.15 bits per heavy atom. The molecule has 1 amide bonds. The van der Waals surface area contributed by atoms with Crippen LogP contribution in [0.25, 0.3) is 0 Å². The number of amides is 1. The van der Waals surface area contributed by atoms with Crippen molar-refractivity contribution in [1.82, 2.24) is 4.90 Å². The van der Waals surface area contributed by atoms with E-state index < -0.39 is 11.6 Å². The van der Waals surface area contributed by atoms with Crippen LogP contribution < -0.4 is 0 Å². The second-order valence-electron chi connectivity index (χ2n) is 5.79. The minimum absolute atomic E-state index is 0.182. The first-order chi connectivity index (χ1) is 9.29. The number of halogens is 1. The number of hydrogen-bond donors (Lipinski definition) is 0. The molecule has 0 bridgehead atoms. The average molecular weight is 316 g/mol. The fraction of sp³-hybridized carbons (Fsp3) is 0.571. The van der Waals surface area contributed by atoms with Gasteiger partial charge in [0.1, 0.15) is 16.5 Å². The van der Waals surface area contributed by atoms with Crippen molar-refractivity contribution < 1.29 is 14.3 Å². The third-order valence-corrected chi connectivity index (χ3v) is 4.33. The number of ether oxygens (including phenoxy) is 1. The Morgan fingerprint density at radius 3 is 2.70 bits per heavy atom. The normalized spacial score (nSPS) is 19.2. The monoisotopic (exact) mass is 315 g/mol. The zero-order valence-electron chi connectivity index (χ0n) is 11.8. The summed E-state index contributed by atoms with van der Waals surface area (Å²) in [5, 5.41) is 2.21. The van der Waals surface area contributed by atoms with Gasteiger partial charge in [0.15, 0.2) is 0 Å². The molecular weight excluding hydrogens is 298 g/mol. The van der Waals surface area contributed by atoms with Crippen molar-refractivity contribution in [3.63, 3.8) is 0 Å². The van der Waals surface area contributed by atoms with Gasteiger partial charge in [0, 0.05) is 6.54 Å². The maximum Gasteiger partial charge on any atom is 0.329 e. The van der Waals surface area contributed by atoms with E-state index in [0.29, 0.717) is 22.9 Å². The van der Waals surface area contributed by atoms with Crippen LogP contribution in [-0.4, -0.2) is 35.0 Å². The van der Waals surface area contributed by atoms with Crippen molar-refractivity contribution in [2.24, 2.45) is 0 Å². The molecule has 2 rings (SSSR count). The highest BCUT2D eigenvalue weighted by molar-refractivity contribution is 7.12. The summed E-state index contributed by atoms with van der Waals surface area (Å²) in [6, 6.07) is 1.19. The van der Waals surface area contributed by atoms with E-state index in [-0.39, 0.29) is 11.9 Å². The quantitative estimate of drug-likeness (QED) is 0.786. The lowest BCUT2D eigenvalue weighted by molar-refractivity contribution is -0.159.